The zero-order valence-corrected chi connectivity index (χ0v) is 13.3. The molecule has 1 N–H and O–H groups in total. The first-order valence-corrected chi connectivity index (χ1v) is 7.01. The quantitative estimate of drug-likeness (QED) is 0.789. The molecule has 1 aromatic rings. The van der Waals surface area contributed by atoms with E-state index in [0.29, 0.717) is 17.1 Å². The fraction of sp³-hybridized carbons (Fsp3) is 0.571. The molecule has 19 heavy (non-hydrogen) atoms. The lowest BCUT2D eigenvalue weighted by molar-refractivity contribution is 0.167. The number of rotatable bonds is 6. The highest BCUT2D eigenvalue weighted by molar-refractivity contribution is 9.10. The van der Waals surface area contributed by atoms with Crippen LogP contribution >= 0.6 is 15.9 Å². The molecule has 0 spiro atoms. The van der Waals surface area contributed by atoms with Crippen LogP contribution in [0.5, 0.6) is 5.75 Å². The van der Waals surface area contributed by atoms with E-state index < -0.39 is 11.6 Å². The van der Waals surface area contributed by atoms with Crippen LogP contribution in [0.25, 0.3) is 0 Å². The minimum Gasteiger partial charge on any atom is -0.490 e. The zero-order chi connectivity index (χ0) is 14.6. The predicted octanol–water partition coefficient (Wildman–Crippen LogP) is 4.13. The maximum absolute atomic E-state index is 13.5. The fourth-order valence-corrected chi connectivity index (χ4v) is 1.85. The van der Waals surface area contributed by atoms with E-state index >= 15 is 0 Å². The van der Waals surface area contributed by atoms with Crippen molar-refractivity contribution in [2.75, 3.05) is 13.2 Å². The van der Waals surface area contributed by atoms with E-state index in [1.54, 1.807) is 0 Å². The molecule has 1 rings (SSSR count). The van der Waals surface area contributed by atoms with Gasteiger partial charge >= 0.3 is 0 Å². The van der Waals surface area contributed by atoms with Gasteiger partial charge in [0.1, 0.15) is 0 Å². The molecule has 0 atom stereocenters. The van der Waals surface area contributed by atoms with Crippen LogP contribution in [0.2, 0.25) is 0 Å². The first kappa shape index (κ1) is 16.4. The van der Waals surface area contributed by atoms with Gasteiger partial charge in [-0.05, 0) is 12.1 Å². The lowest BCUT2D eigenvalue weighted by Gasteiger charge is -2.26. The Hall–Kier alpha value is -0.680. The molecule has 1 aromatic carbocycles. The third kappa shape index (κ3) is 5.45. The molecule has 108 valence electrons. The second kappa shape index (κ2) is 6.66. The number of hydrogen-bond acceptors (Lipinski definition) is 2. The fourth-order valence-electron chi connectivity index (χ4n) is 1.44. The number of nitrogens with one attached hydrogen (secondary N) is 1. The first-order valence-electron chi connectivity index (χ1n) is 6.22. The molecule has 0 aromatic heterocycles. The minimum absolute atomic E-state index is 0.0653. The van der Waals surface area contributed by atoms with E-state index in [1.807, 2.05) is 13.8 Å². The highest BCUT2D eigenvalue weighted by atomic mass is 79.9. The SMILES string of the molecule is CC(C)NCC(C)(C)COc1cc(Br)cc(F)c1F. The Kier molecular flexibility index (Phi) is 5.74. The minimum atomic E-state index is -0.948. The largest absolute Gasteiger partial charge is 0.490 e. The Labute approximate surface area is 121 Å². The Morgan fingerprint density at radius 2 is 1.95 bits per heavy atom. The Balaban J connectivity index is 2.66. The molecule has 0 heterocycles. The molecule has 0 radical (unpaired) electrons. The van der Waals surface area contributed by atoms with E-state index in [0.717, 1.165) is 12.6 Å². The zero-order valence-electron chi connectivity index (χ0n) is 11.7. The molecule has 0 amide bonds. The molecule has 0 fully saturated rings. The maximum Gasteiger partial charge on any atom is 0.200 e. The van der Waals surface area contributed by atoms with Crippen LogP contribution in [0.4, 0.5) is 8.78 Å². The van der Waals surface area contributed by atoms with Gasteiger partial charge in [-0.2, -0.15) is 4.39 Å². The Morgan fingerprint density at radius 3 is 2.53 bits per heavy atom. The Morgan fingerprint density at radius 1 is 1.32 bits per heavy atom. The van der Waals surface area contributed by atoms with Crippen molar-refractivity contribution in [3.05, 3.63) is 28.2 Å². The summed E-state index contributed by atoms with van der Waals surface area (Å²) in [5.74, 6) is -1.93. The van der Waals surface area contributed by atoms with Gasteiger partial charge in [0.2, 0.25) is 5.82 Å². The number of hydrogen-bond donors (Lipinski definition) is 1. The standard InChI is InChI=1S/C14H20BrF2NO/c1-9(2)18-7-14(3,4)8-19-12-6-10(15)5-11(16)13(12)17/h5-6,9,18H,7-8H2,1-4H3. The van der Waals surface area contributed by atoms with Crippen LogP contribution in [0.1, 0.15) is 27.7 Å². The van der Waals surface area contributed by atoms with Crippen molar-refractivity contribution in [1.82, 2.24) is 5.32 Å². The predicted molar refractivity (Wildman–Crippen MR) is 76.5 cm³/mol. The van der Waals surface area contributed by atoms with Crippen molar-refractivity contribution in [3.8, 4) is 5.75 Å². The molecule has 0 aliphatic carbocycles. The van der Waals surface area contributed by atoms with Crippen molar-refractivity contribution in [1.29, 1.82) is 0 Å². The monoisotopic (exact) mass is 335 g/mol. The van der Waals surface area contributed by atoms with Crippen molar-refractivity contribution < 1.29 is 13.5 Å². The van der Waals surface area contributed by atoms with E-state index in [4.69, 9.17) is 4.74 Å². The highest BCUT2D eigenvalue weighted by Gasteiger charge is 2.21. The second-order valence-corrected chi connectivity index (χ2v) is 6.60. The van der Waals surface area contributed by atoms with E-state index in [2.05, 4.69) is 35.1 Å². The van der Waals surface area contributed by atoms with Gasteiger partial charge in [-0.25, -0.2) is 4.39 Å². The summed E-state index contributed by atoms with van der Waals surface area (Å²) in [6, 6.07) is 2.89. The lowest BCUT2D eigenvalue weighted by Crippen LogP contribution is -2.37. The molecular formula is C14H20BrF2NO. The summed E-state index contributed by atoms with van der Waals surface area (Å²) in [6.07, 6.45) is 0. The molecule has 0 aliphatic heterocycles. The molecule has 0 saturated heterocycles. The summed E-state index contributed by atoms with van der Waals surface area (Å²) in [4.78, 5) is 0. The molecule has 2 nitrogen and oxygen atoms in total. The van der Waals surface area contributed by atoms with Gasteiger partial charge in [0.25, 0.3) is 0 Å². The molecule has 0 aliphatic rings. The van der Waals surface area contributed by atoms with Crippen molar-refractivity contribution in [2.24, 2.45) is 5.41 Å². The molecule has 0 unspecified atom stereocenters. The average Bonchev–Trinajstić information content (AvgIpc) is 2.29. The second-order valence-electron chi connectivity index (χ2n) is 5.69. The molecule has 0 saturated carbocycles. The number of ether oxygens (including phenoxy) is 1. The summed E-state index contributed by atoms with van der Waals surface area (Å²) in [5, 5.41) is 3.30. The van der Waals surface area contributed by atoms with Gasteiger partial charge in [-0.15, -0.1) is 0 Å². The van der Waals surface area contributed by atoms with Gasteiger partial charge < -0.3 is 10.1 Å². The van der Waals surface area contributed by atoms with Crippen LogP contribution < -0.4 is 10.1 Å². The summed E-state index contributed by atoms with van der Waals surface area (Å²) in [6.45, 7) is 9.17. The van der Waals surface area contributed by atoms with E-state index in [1.165, 1.54) is 6.07 Å². The maximum atomic E-state index is 13.5. The highest BCUT2D eigenvalue weighted by Crippen LogP contribution is 2.27. The van der Waals surface area contributed by atoms with Crippen LogP contribution in [0.3, 0.4) is 0 Å². The van der Waals surface area contributed by atoms with Crippen molar-refractivity contribution in [2.45, 2.75) is 33.7 Å². The average molecular weight is 336 g/mol. The van der Waals surface area contributed by atoms with Crippen LogP contribution in [0.15, 0.2) is 16.6 Å². The normalized spacial score (nSPS) is 12.0. The Bertz CT molecular complexity index is 436. The molecule has 0 bridgehead atoms. The summed E-state index contributed by atoms with van der Waals surface area (Å²) in [7, 11) is 0. The van der Waals surface area contributed by atoms with Crippen molar-refractivity contribution >= 4 is 15.9 Å². The van der Waals surface area contributed by atoms with Gasteiger partial charge in [0.15, 0.2) is 11.6 Å². The van der Waals surface area contributed by atoms with Crippen molar-refractivity contribution in [3.63, 3.8) is 0 Å². The van der Waals surface area contributed by atoms with E-state index in [9.17, 15) is 8.78 Å². The van der Waals surface area contributed by atoms with Gasteiger partial charge in [0, 0.05) is 22.5 Å². The molecular weight excluding hydrogens is 316 g/mol. The summed E-state index contributed by atoms with van der Waals surface area (Å²) < 4.78 is 32.6. The van der Waals surface area contributed by atoms with Crippen LogP contribution in [0, 0.1) is 17.0 Å². The third-order valence-corrected chi connectivity index (χ3v) is 3.02. The molecule has 5 heteroatoms. The lowest BCUT2D eigenvalue weighted by atomic mass is 9.94. The van der Waals surface area contributed by atoms with E-state index in [-0.39, 0.29) is 11.2 Å². The van der Waals surface area contributed by atoms with Gasteiger partial charge in [-0.1, -0.05) is 43.6 Å². The van der Waals surface area contributed by atoms with Crippen LogP contribution in [-0.4, -0.2) is 19.2 Å². The number of benzene rings is 1. The smallest absolute Gasteiger partial charge is 0.200 e. The summed E-state index contributed by atoms with van der Waals surface area (Å²) in [5.41, 5.74) is -0.171. The van der Waals surface area contributed by atoms with Crippen LogP contribution in [-0.2, 0) is 0 Å². The first-order chi connectivity index (χ1) is 8.71. The van der Waals surface area contributed by atoms with Gasteiger partial charge in [0.05, 0.1) is 6.61 Å². The summed E-state index contributed by atoms with van der Waals surface area (Å²) >= 11 is 3.12. The topological polar surface area (TPSA) is 21.3 Å². The van der Waals surface area contributed by atoms with Gasteiger partial charge in [-0.3, -0.25) is 0 Å². The third-order valence-electron chi connectivity index (χ3n) is 2.57. The number of halogens is 3.